The molecule has 184 valence electrons. The number of methoxy groups -OCH3 is 1. The average molecular weight is 520 g/mol. The van der Waals surface area contributed by atoms with Crippen molar-refractivity contribution in [3.63, 3.8) is 0 Å². The van der Waals surface area contributed by atoms with Gasteiger partial charge in [-0.15, -0.1) is 11.3 Å². The molecule has 1 fully saturated rings. The number of esters is 1. The maximum absolute atomic E-state index is 12.6. The zero-order valence-corrected chi connectivity index (χ0v) is 21.4. The number of amidine groups is 1. The van der Waals surface area contributed by atoms with Crippen LogP contribution in [0.5, 0.6) is 11.5 Å². The summed E-state index contributed by atoms with van der Waals surface area (Å²) in [4.78, 5) is 34.9. The number of carbonyl (C=O) groups is 2. The maximum atomic E-state index is 12.6. The molecule has 2 aliphatic heterocycles. The summed E-state index contributed by atoms with van der Waals surface area (Å²) in [6, 6.07) is 19.2. The SMILES string of the molecule is COc1cc(/C=C2\SC(N3CCN(Cc4ccccc4)CC3)=NC2=O)ccc1OC(=O)c1cccs1. The Balaban J connectivity index is 1.20. The number of thiophene rings is 1. The number of ether oxygens (including phenoxy) is 2. The summed E-state index contributed by atoms with van der Waals surface area (Å²) in [5, 5.41) is 2.57. The van der Waals surface area contributed by atoms with E-state index in [1.807, 2.05) is 11.4 Å². The van der Waals surface area contributed by atoms with Gasteiger partial charge in [0.15, 0.2) is 16.7 Å². The van der Waals surface area contributed by atoms with Crippen molar-refractivity contribution in [2.45, 2.75) is 6.54 Å². The molecule has 0 N–H and O–H groups in total. The second kappa shape index (κ2) is 11.1. The third-order valence-electron chi connectivity index (χ3n) is 5.91. The number of hydrogen-bond donors (Lipinski definition) is 0. The van der Waals surface area contributed by atoms with E-state index in [4.69, 9.17) is 9.47 Å². The molecule has 36 heavy (non-hydrogen) atoms. The van der Waals surface area contributed by atoms with Crippen LogP contribution in [0.4, 0.5) is 0 Å². The van der Waals surface area contributed by atoms with Gasteiger partial charge < -0.3 is 14.4 Å². The van der Waals surface area contributed by atoms with Gasteiger partial charge in [0.05, 0.1) is 12.0 Å². The lowest BCUT2D eigenvalue weighted by molar-refractivity contribution is -0.113. The van der Waals surface area contributed by atoms with Crippen molar-refractivity contribution in [2.24, 2.45) is 4.99 Å². The molecular weight excluding hydrogens is 494 g/mol. The van der Waals surface area contributed by atoms with Gasteiger partial charge in [0, 0.05) is 32.7 Å². The summed E-state index contributed by atoms with van der Waals surface area (Å²) in [5.74, 6) is 0.0702. The fourth-order valence-electron chi connectivity index (χ4n) is 4.03. The fraction of sp³-hybridized carbons (Fsp3) is 0.222. The summed E-state index contributed by atoms with van der Waals surface area (Å²) in [6.07, 6.45) is 1.79. The molecule has 7 nitrogen and oxygen atoms in total. The number of carbonyl (C=O) groups excluding carboxylic acids is 2. The first-order valence-corrected chi connectivity index (χ1v) is 13.3. The van der Waals surface area contributed by atoms with E-state index in [0.717, 1.165) is 43.5 Å². The van der Waals surface area contributed by atoms with Gasteiger partial charge in [0.1, 0.15) is 4.88 Å². The first-order valence-electron chi connectivity index (χ1n) is 11.6. The van der Waals surface area contributed by atoms with Gasteiger partial charge in [0.25, 0.3) is 5.91 Å². The summed E-state index contributed by atoms with van der Waals surface area (Å²) >= 11 is 2.71. The number of aliphatic imine (C=N–C) groups is 1. The Morgan fingerprint density at radius 1 is 1.03 bits per heavy atom. The summed E-state index contributed by atoms with van der Waals surface area (Å²) < 4.78 is 10.9. The van der Waals surface area contributed by atoms with Crippen LogP contribution in [-0.4, -0.2) is 60.1 Å². The maximum Gasteiger partial charge on any atom is 0.353 e. The number of amides is 1. The van der Waals surface area contributed by atoms with Gasteiger partial charge in [-0.2, -0.15) is 4.99 Å². The predicted octanol–water partition coefficient (Wildman–Crippen LogP) is 4.76. The van der Waals surface area contributed by atoms with E-state index >= 15 is 0 Å². The van der Waals surface area contributed by atoms with Gasteiger partial charge in [-0.3, -0.25) is 9.69 Å². The van der Waals surface area contributed by atoms with Gasteiger partial charge in [-0.25, -0.2) is 4.79 Å². The second-order valence-corrected chi connectivity index (χ2v) is 10.3. The molecule has 0 aliphatic carbocycles. The van der Waals surface area contributed by atoms with E-state index in [9.17, 15) is 9.59 Å². The summed E-state index contributed by atoms with van der Waals surface area (Å²) in [7, 11) is 1.52. The average Bonchev–Trinajstić information content (AvgIpc) is 3.57. The number of nitrogens with zero attached hydrogens (tertiary/aromatic N) is 3. The minimum atomic E-state index is -0.433. The lowest BCUT2D eigenvalue weighted by atomic mass is 10.2. The van der Waals surface area contributed by atoms with Crippen molar-refractivity contribution < 1.29 is 19.1 Å². The number of benzene rings is 2. The highest BCUT2D eigenvalue weighted by atomic mass is 32.2. The number of thioether (sulfide) groups is 1. The minimum Gasteiger partial charge on any atom is -0.493 e. The third kappa shape index (κ3) is 5.70. The van der Waals surface area contributed by atoms with Crippen molar-refractivity contribution in [3.05, 3.63) is 87.0 Å². The molecule has 0 saturated carbocycles. The number of hydrogen-bond acceptors (Lipinski definition) is 8. The molecule has 2 aliphatic rings. The molecule has 5 rings (SSSR count). The Morgan fingerprint density at radius 2 is 1.83 bits per heavy atom. The van der Waals surface area contributed by atoms with Crippen molar-refractivity contribution in [2.75, 3.05) is 33.3 Å². The highest BCUT2D eigenvalue weighted by Gasteiger charge is 2.28. The Kier molecular flexibility index (Phi) is 7.50. The molecule has 0 spiro atoms. The molecule has 2 aromatic carbocycles. The Labute approximate surface area is 218 Å². The zero-order chi connectivity index (χ0) is 24.9. The molecule has 0 radical (unpaired) electrons. The molecule has 3 heterocycles. The quantitative estimate of drug-likeness (QED) is 0.264. The number of piperazine rings is 1. The number of rotatable bonds is 6. The van der Waals surface area contributed by atoms with Crippen molar-refractivity contribution in [3.8, 4) is 11.5 Å². The van der Waals surface area contributed by atoms with Gasteiger partial charge in [0.2, 0.25) is 0 Å². The smallest absolute Gasteiger partial charge is 0.353 e. The molecule has 0 unspecified atom stereocenters. The summed E-state index contributed by atoms with van der Waals surface area (Å²) in [5.41, 5.74) is 2.07. The molecule has 9 heteroatoms. The largest absolute Gasteiger partial charge is 0.493 e. The molecule has 0 bridgehead atoms. The molecule has 3 aromatic rings. The second-order valence-electron chi connectivity index (χ2n) is 8.34. The van der Waals surface area contributed by atoms with Crippen molar-refractivity contribution in [1.29, 1.82) is 0 Å². The van der Waals surface area contributed by atoms with Crippen LogP contribution in [0, 0.1) is 0 Å². The lowest BCUT2D eigenvalue weighted by Gasteiger charge is -2.35. The first-order chi connectivity index (χ1) is 17.6. The monoisotopic (exact) mass is 519 g/mol. The van der Waals surface area contributed by atoms with Crippen LogP contribution < -0.4 is 9.47 Å². The van der Waals surface area contributed by atoms with E-state index in [-0.39, 0.29) is 5.91 Å². The van der Waals surface area contributed by atoms with E-state index in [1.54, 1.807) is 36.4 Å². The Bertz CT molecular complexity index is 1300. The molecule has 1 amide bonds. The molecule has 0 atom stereocenters. The van der Waals surface area contributed by atoms with Gasteiger partial charge in [-0.05, 0) is 52.5 Å². The zero-order valence-electron chi connectivity index (χ0n) is 19.8. The standard InChI is InChI=1S/C27H25N3O4S2/c1-33-22-16-20(9-10-21(22)34-26(32)23-8-5-15-35-23)17-24-25(31)28-27(36-24)30-13-11-29(12-14-30)18-19-6-3-2-4-7-19/h2-10,15-17H,11-14,18H2,1H3/b24-17-. The highest BCUT2D eigenvalue weighted by molar-refractivity contribution is 8.18. The van der Waals surface area contributed by atoms with Gasteiger partial charge >= 0.3 is 5.97 Å². The van der Waals surface area contributed by atoms with E-state index in [2.05, 4.69) is 39.1 Å². The molecule has 1 aromatic heterocycles. The van der Waals surface area contributed by atoms with Gasteiger partial charge in [-0.1, -0.05) is 42.5 Å². The normalized spacial score (nSPS) is 17.4. The van der Waals surface area contributed by atoms with Crippen molar-refractivity contribution in [1.82, 2.24) is 9.80 Å². The molecular formula is C27H25N3O4S2. The van der Waals surface area contributed by atoms with E-state index in [1.165, 1.54) is 35.8 Å². The fourth-order valence-corrected chi connectivity index (χ4v) is 5.59. The highest BCUT2D eigenvalue weighted by Crippen LogP contribution is 2.34. The summed E-state index contributed by atoms with van der Waals surface area (Å²) in [6.45, 7) is 4.43. The topological polar surface area (TPSA) is 71.4 Å². The van der Waals surface area contributed by atoms with Crippen LogP contribution in [0.2, 0.25) is 0 Å². The minimum absolute atomic E-state index is 0.242. The van der Waals surface area contributed by atoms with Crippen LogP contribution in [0.3, 0.4) is 0 Å². The van der Waals surface area contributed by atoms with Crippen LogP contribution in [0.15, 0.2) is 75.9 Å². The van der Waals surface area contributed by atoms with E-state index < -0.39 is 5.97 Å². The first kappa shape index (κ1) is 24.3. The van der Waals surface area contributed by atoms with Crippen LogP contribution >= 0.6 is 23.1 Å². The van der Waals surface area contributed by atoms with Crippen LogP contribution in [0.25, 0.3) is 6.08 Å². The van der Waals surface area contributed by atoms with E-state index in [0.29, 0.717) is 21.3 Å². The molecule has 1 saturated heterocycles. The lowest BCUT2D eigenvalue weighted by Crippen LogP contribution is -2.47. The Morgan fingerprint density at radius 3 is 2.56 bits per heavy atom. The van der Waals surface area contributed by atoms with Crippen LogP contribution in [0.1, 0.15) is 20.8 Å². The Hall–Kier alpha value is -3.40. The van der Waals surface area contributed by atoms with Crippen LogP contribution in [-0.2, 0) is 11.3 Å². The predicted molar refractivity (Wildman–Crippen MR) is 144 cm³/mol. The third-order valence-corrected chi connectivity index (χ3v) is 7.81. The van der Waals surface area contributed by atoms with Crippen molar-refractivity contribution >= 4 is 46.2 Å².